The van der Waals surface area contributed by atoms with Gasteiger partial charge in [0.1, 0.15) is 12.1 Å². The molecule has 2 aromatic carbocycles. The van der Waals surface area contributed by atoms with Gasteiger partial charge in [0.05, 0.1) is 17.2 Å². The van der Waals surface area contributed by atoms with Crippen molar-refractivity contribution in [2.24, 2.45) is 7.05 Å². The molecule has 0 aliphatic rings. The number of carbonyl (C=O) groups excluding carboxylic acids is 1. The van der Waals surface area contributed by atoms with Crippen LogP contribution in [0.5, 0.6) is 0 Å². The summed E-state index contributed by atoms with van der Waals surface area (Å²) >= 11 is 0. The summed E-state index contributed by atoms with van der Waals surface area (Å²) in [7, 11) is 1.83. The Labute approximate surface area is 137 Å². The molecule has 0 unspecified atom stereocenters. The Morgan fingerprint density at radius 1 is 1.21 bits per heavy atom. The SMILES string of the molecule is Cn1ncc2cc(F)c(-c3ccnc4c(CC=O)cccc34)cc21. The first-order valence-electron chi connectivity index (χ1n) is 7.61. The van der Waals surface area contributed by atoms with Crippen molar-refractivity contribution in [3.8, 4) is 11.1 Å². The van der Waals surface area contributed by atoms with Gasteiger partial charge >= 0.3 is 0 Å². The summed E-state index contributed by atoms with van der Waals surface area (Å²) in [6.45, 7) is 0. The van der Waals surface area contributed by atoms with Gasteiger partial charge in [-0.2, -0.15) is 5.10 Å². The van der Waals surface area contributed by atoms with Crippen LogP contribution in [-0.4, -0.2) is 21.1 Å². The molecule has 0 saturated carbocycles. The zero-order chi connectivity index (χ0) is 16.7. The van der Waals surface area contributed by atoms with Crippen LogP contribution in [0.3, 0.4) is 0 Å². The second-order valence-electron chi connectivity index (χ2n) is 5.70. The Bertz CT molecular complexity index is 1080. The van der Waals surface area contributed by atoms with Crippen molar-refractivity contribution in [2.45, 2.75) is 6.42 Å². The molecule has 0 N–H and O–H groups in total. The van der Waals surface area contributed by atoms with E-state index in [0.717, 1.165) is 39.2 Å². The summed E-state index contributed by atoms with van der Waals surface area (Å²) < 4.78 is 16.4. The summed E-state index contributed by atoms with van der Waals surface area (Å²) in [5.74, 6) is -0.302. The molecule has 118 valence electrons. The fraction of sp³-hybridized carbons (Fsp3) is 0.105. The number of hydrogen-bond donors (Lipinski definition) is 0. The van der Waals surface area contributed by atoms with E-state index in [9.17, 15) is 9.18 Å². The van der Waals surface area contributed by atoms with E-state index in [0.29, 0.717) is 5.56 Å². The van der Waals surface area contributed by atoms with E-state index in [1.54, 1.807) is 29.2 Å². The van der Waals surface area contributed by atoms with Gasteiger partial charge in [-0.15, -0.1) is 0 Å². The number of benzene rings is 2. The number of halogens is 1. The third-order valence-electron chi connectivity index (χ3n) is 4.28. The first-order valence-corrected chi connectivity index (χ1v) is 7.61. The van der Waals surface area contributed by atoms with Crippen LogP contribution in [0.4, 0.5) is 4.39 Å². The Morgan fingerprint density at radius 2 is 2.08 bits per heavy atom. The van der Waals surface area contributed by atoms with Crippen molar-refractivity contribution in [1.29, 1.82) is 0 Å². The van der Waals surface area contributed by atoms with Crippen LogP contribution in [0.25, 0.3) is 32.9 Å². The first kappa shape index (κ1) is 14.5. The number of carbonyl (C=O) groups is 1. The minimum absolute atomic E-state index is 0.289. The van der Waals surface area contributed by atoms with Crippen molar-refractivity contribution in [3.63, 3.8) is 0 Å². The number of hydrogen-bond acceptors (Lipinski definition) is 3. The predicted molar refractivity (Wildman–Crippen MR) is 91.2 cm³/mol. The number of aldehydes is 1. The fourth-order valence-corrected chi connectivity index (χ4v) is 3.10. The maximum atomic E-state index is 14.7. The van der Waals surface area contributed by atoms with Gasteiger partial charge < -0.3 is 4.79 Å². The zero-order valence-corrected chi connectivity index (χ0v) is 13.0. The lowest BCUT2D eigenvalue weighted by Gasteiger charge is -2.10. The number of para-hydroxylation sites is 1. The molecule has 2 aromatic heterocycles. The van der Waals surface area contributed by atoms with Crippen LogP contribution >= 0.6 is 0 Å². The number of rotatable bonds is 3. The van der Waals surface area contributed by atoms with E-state index in [1.807, 2.05) is 25.2 Å². The van der Waals surface area contributed by atoms with Crippen LogP contribution in [0, 0.1) is 5.82 Å². The van der Waals surface area contributed by atoms with E-state index in [4.69, 9.17) is 0 Å². The largest absolute Gasteiger partial charge is 0.303 e. The molecular formula is C19H14FN3O. The fourth-order valence-electron chi connectivity index (χ4n) is 3.10. The molecule has 0 spiro atoms. The molecule has 0 atom stereocenters. The van der Waals surface area contributed by atoms with E-state index in [2.05, 4.69) is 10.1 Å². The molecule has 0 aliphatic heterocycles. The molecule has 0 radical (unpaired) electrons. The molecule has 0 amide bonds. The maximum absolute atomic E-state index is 14.7. The van der Waals surface area contributed by atoms with Gasteiger partial charge in [-0.25, -0.2) is 4.39 Å². The number of nitrogens with zero attached hydrogens (tertiary/aromatic N) is 3. The van der Waals surface area contributed by atoms with Crippen molar-refractivity contribution in [1.82, 2.24) is 14.8 Å². The van der Waals surface area contributed by atoms with E-state index in [1.165, 1.54) is 6.07 Å². The van der Waals surface area contributed by atoms with Gasteiger partial charge in [-0.1, -0.05) is 18.2 Å². The molecular weight excluding hydrogens is 305 g/mol. The van der Waals surface area contributed by atoms with Gasteiger partial charge in [-0.3, -0.25) is 9.67 Å². The summed E-state index contributed by atoms with van der Waals surface area (Å²) in [5.41, 5.74) is 3.69. The summed E-state index contributed by atoms with van der Waals surface area (Å²) in [6, 6.07) is 10.7. The van der Waals surface area contributed by atoms with E-state index >= 15 is 0 Å². The third-order valence-corrected chi connectivity index (χ3v) is 4.28. The highest BCUT2D eigenvalue weighted by Gasteiger charge is 2.14. The average Bonchev–Trinajstić information content (AvgIpc) is 2.94. The molecule has 2 heterocycles. The number of aromatic nitrogens is 3. The highest BCUT2D eigenvalue weighted by molar-refractivity contribution is 5.98. The number of pyridine rings is 1. The van der Waals surface area contributed by atoms with Gasteiger partial charge in [0.25, 0.3) is 0 Å². The highest BCUT2D eigenvalue weighted by atomic mass is 19.1. The molecule has 4 aromatic rings. The predicted octanol–water partition coefficient (Wildman–Crippen LogP) is 3.67. The first-order chi connectivity index (χ1) is 11.7. The molecule has 4 rings (SSSR count). The van der Waals surface area contributed by atoms with Gasteiger partial charge in [0.15, 0.2) is 0 Å². The van der Waals surface area contributed by atoms with Crippen molar-refractivity contribution >= 4 is 28.1 Å². The molecule has 0 fully saturated rings. The quantitative estimate of drug-likeness (QED) is 0.541. The zero-order valence-electron chi connectivity index (χ0n) is 13.0. The summed E-state index contributed by atoms with van der Waals surface area (Å²) in [6.07, 6.45) is 4.44. The smallest absolute Gasteiger partial charge is 0.131 e. The molecule has 4 nitrogen and oxygen atoms in total. The van der Waals surface area contributed by atoms with Crippen molar-refractivity contribution in [2.75, 3.05) is 0 Å². The Kier molecular flexibility index (Phi) is 3.34. The summed E-state index contributed by atoms with van der Waals surface area (Å²) in [5, 5.41) is 5.76. The molecule has 0 aliphatic carbocycles. The molecule has 0 bridgehead atoms. The lowest BCUT2D eigenvalue weighted by Crippen LogP contribution is -1.94. The van der Waals surface area contributed by atoms with Crippen molar-refractivity contribution in [3.05, 3.63) is 60.2 Å². The molecule has 24 heavy (non-hydrogen) atoms. The Morgan fingerprint density at radius 3 is 2.92 bits per heavy atom. The standard InChI is InChI=1S/C19H14FN3O/c1-23-18-10-16(17(20)9-13(18)11-22-23)14-5-7-21-19-12(6-8-24)3-2-4-15(14)19/h2-5,7-11H,6H2,1H3. The second kappa shape index (κ2) is 5.53. The van der Waals surface area contributed by atoms with E-state index < -0.39 is 0 Å². The molecule has 0 saturated heterocycles. The Hall–Kier alpha value is -3.08. The Balaban J connectivity index is 2.03. The lowest BCUT2D eigenvalue weighted by atomic mass is 9.97. The number of fused-ring (bicyclic) bond motifs is 2. The van der Waals surface area contributed by atoms with E-state index in [-0.39, 0.29) is 12.2 Å². The summed E-state index contributed by atoms with van der Waals surface area (Å²) in [4.78, 5) is 15.3. The van der Waals surface area contributed by atoms with Crippen LogP contribution < -0.4 is 0 Å². The van der Waals surface area contributed by atoms with Crippen LogP contribution in [0.15, 0.2) is 48.8 Å². The second-order valence-corrected chi connectivity index (χ2v) is 5.70. The molecule has 5 heteroatoms. The lowest BCUT2D eigenvalue weighted by molar-refractivity contribution is -0.107. The van der Waals surface area contributed by atoms with Crippen LogP contribution in [-0.2, 0) is 18.3 Å². The minimum Gasteiger partial charge on any atom is -0.303 e. The topological polar surface area (TPSA) is 47.8 Å². The van der Waals surface area contributed by atoms with Gasteiger partial charge in [-0.05, 0) is 29.3 Å². The minimum atomic E-state index is -0.302. The third kappa shape index (κ3) is 2.17. The maximum Gasteiger partial charge on any atom is 0.131 e. The van der Waals surface area contributed by atoms with Crippen molar-refractivity contribution < 1.29 is 9.18 Å². The van der Waals surface area contributed by atoms with Crippen LogP contribution in [0.2, 0.25) is 0 Å². The number of aryl methyl sites for hydroxylation is 1. The van der Waals surface area contributed by atoms with Crippen LogP contribution in [0.1, 0.15) is 5.56 Å². The highest BCUT2D eigenvalue weighted by Crippen LogP contribution is 2.33. The van der Waals surface area contributed by atoms with Gasteiger partial charge in [0, 0.05) is 36.0 Å². The normalized spacial score (nSPS) is 11.2. The average molecular weight is 319 g/mol. The monoisotopic (exact) mass is 319 g/mol. The van der Waals surface area contributed by atoms with Gasteiger partial charge in [0.2, 0.25) is 0 Å².